The highest BCUT2D eigenvalue weighted by Gasteiger charge is 2.05. The molecule has 0 spiro atoms. The molecule has 1 heterocycles. The molecule has 0 fully saturated rings. The molecule has 0 aliphatic heterocycles. The highest BCUT2D eigenvalue weighted by molar-refractivity contribution is 9.10. The van der Waals surface area contributed by atoms with Gasteiger partial charge in [0.25, 0.3) is 0 Å². The lowest BCUT2D eigenvalue weighted by molar-refractivity contribution is 0.160. The third-order valence-electron chi connectivity index (χ3n) is 3.08. The SMILES string of the molecule is CCCC(O)CNCc1ncc(-c2ccc(Br)cc2)[nH]1. The van der Waals surface area contributed by atoms with Crippen LogP contribution < -0.4 is 5.32 Å². The van der Waals surface area contributed by atoms with Crippen LogP contribution in [0.25, 0.3) is 11.3 Å². The van der Waals surface area contributed by atoms with Crippen LogP contribution in [-0.4, -0.2) is 27.7 Å². The molecular formula is C15H20BrN3O. The van der Waals surface area contributed by atoms with E-state index in [1.165, 1.54) is 0 Å². The molecule has 1 unspecified atom stereocenters. The Labute approximate surface area is 127 Å². The molecule has 20 heavy (non-hydrogen) atoms. The van der Waals surface area contributed by atoms with Gasteiger partial charge in [0.2, 0.25) is 0 Å². The number of aromatic amines is 1. The number of H-pyrrole nitrogens is 1. The van der Waals surface area contributed by atoms with E-state index >= 15 is 0 Å². The molecule has 1 aromatic carbocycles. The minimum Gasteiger partial charge on any atom is -0.392 e. The predicted octanol–water partition coefficient (Wildman–Crippen LogP) is 3.09. The van der Waals surface area contributed by atoms with Gasteiger partial charge >= 0.3 is 0 Å². The van der Waals surface area contributed by atoms with Gasteiger partial charge in [-0.15, -0.1) is 0 Å². The second kappa shape index (κ2) is 7.57. The summed E-state index contributed by atoms with van der Waals surface area (Å²) in [4.78, 5) is 7.63. The summed E-state index contributed by atoms with van der Waals surface area (Å²) < 4.78 is 1.06. The molecule has 0 aliphatic carbocycles. The first-order chi connectivity index (χ1) is 9.69. The summed E-state index contributed by atoms with van der Waals surface area (Å²) in [5.41, 5.74) is 2.11. The van der Waals surface area contributed by atoms with Gasteiger partial charge in [0.1, 0.15) is 5.82 Å². The van der Waals surface area contributed by atoms with Crippen molar-refractivity contribution in [1.82, 2.24) is 15.3 Å². The monoisotopic (exact) mass is 337 g/mol. The van der Waals surface area contributed by atoms with Crippen molar-refractivity contribution >= 4 is 15.9 Å². The summed E-state index contributed by atoms with van der Waals surface area (Å²) >= 11 is 3.42. The van der Waals surface area contributed by atoms with Crippen molar-refractivity contribution in [1.29, 1.82) is 0 Å². The van der Waals surface area contributed by atoms with Crippen molar-refractivity contribution in [2.45, 2.75) is 32.4 Å². The lowest BCUT2D eigenvalue weighted by Gasteiger charge is -2.09. The van der Waals surface area contributed by atoms with Gasteiger partial charge in [-0.25, -0.2) is 4.98 Å². The van der Waals surface area contributed by atoms with Crippen LogP contribution in [0.3, 0.4) is 0 Å². The molecule has 4 nitrogen and oxygen atoms in total. The quantitative estimate of drug-likeness (QED) is 0.727. The second-order valence-corrected chi connectivity index (χ2v) is 5.74. The van der Waals surface area contributed by atoms with Crippen molar-refractivity contribution < 1.29 is 5.11 Å². The lowest BCUT2D eigenvalue weighted by atomic mass is 10.2. The molecule has 0 aliphatic rings. The Balaban J connectivity index is 1.87. The Morgan fingerprint density at radius 2 is 2.10 bits per heavy atom. The average molecular weight is 338 g/mol. The van der Waals surface area contributed by atoms with E-state index in [9.17, 15) is 5.11 Å². The molecule has 1 aromatic heterocycles. The van der Waals surface area contributed by atoms with E-state index in [2.05, 4.69) is 38.1 Å². The first kappa shape index (κ1) is 15.2. The molecule has 0 saturated heterocycles. The number of halogens is 1. The molecule has 0 bridgehead atoms. The predicted molar refractivity (Wildman–Crippen MR) is 84.3 cm³/mol. The van der Waals surface area contributed by atoms with Crippen LogP contribution in [0.5, 0.6) is 0 Å². The van der Waals surface area contributed by atoms with Crippen molar-refractivity contribution in [3.63, 3.8) is 0 Å². The van der Waals surface area contributed by atoms with E-state index in [1.54, 1.807) is 0 Å². The number of hydrogen-bond acceptors (Lipinski definition) is 3. The Kier molecular flexibility index (Phi) is 5.76. The van der Waals surface area contributed by atoms with Crippen LogP contribution in [0, 0.1) is 0 Å². The number of nitrogens with one attached hydrogen (secondary N) is 2. The van der Waals surface area contributed by atoms with Crippen LogP contribution >= 0.6 is 15.9 Å². The Morgan fingerprint density at radius 1 is 1.35 bits per heavy atom. The summed E-state index contributed by atoms with van der Waals surface area (Å²) in [5, 5.41) is 12.8. The number of benzene rings is 1. The molecular weight excluding hydrogens is 318 g/mol. The number of nitrogens with zero attached hydrogens (tertiary/aromatic N) is 1. The highest BCUT2D eigenvalue weighted by Crippen LogP contribution is 2.19. The van der Waals surface area contributed by atoms with Crippen LogP contribution in [0.15, 0.2) is 34.9 Å². The molecule has 5 heteroatoms. The standard InChI is InChI=1S/C15H20BrN3O/c1-2-3-13(20)8-17-10-15-18-9-14(19-15)11-4-6-12(16)7-5-11/h4-7,9,13,17,20H,2-3,8,10H2,1H3,(H,18,19). The van der Waals surface area contributed by atoms with Gasteiger partial charge in [0.15, 0.2) is 0 Å². The van der Waals surface area contributed by atoms with Crippen molar-refractivity contribution in [2.24, 2.45) is 0 Å². The van der Waals surface area contributed by atoms with Gasteiger partial charge in [-0.05, 0) is 24.1 Å². The van der Waals surface area contributed by atoms with Crippen LogP contribution in [0.4, 0.5) is 0 Å². The first-order valence-electron chi connectivity index (χ1n) is 6.87. The van der Waals surface area contributed by atoms with Crippen molar-refractivity contribution in [3.8, 4) is 11.3 Å². The molecule has 2 rings (SSSR count). The maximum atomic E-state index is 9.64. The van der Waals surface area contributed by atoms with Crippen molar-refractivity contribution in [2.75, 3.05) is 6.54 Å². The minimum absolute atomic E-state index is 0.277. The molecule has 3 N–H and O–H groups in total. The van der Waals surface area contributed by atoms with Crippen LogP contribution in [0.1, 0.15) is 25.6 Å². The van der Waals surface area contributed by atoms with Gasteiger partial charge in [-0.2, -0.15) is 0 Å². The number of aliphatic hydroxyl groups is 1. The number of imidazole rings is 1. The lowest BCUT2D eigenvalue weighted by Crippen LogP contribution is -2.26. The van der Waals surface area contributed by atoms with Gasteiger partial charge < -0.3 is 15.4 Å². The van der Waals surface area contributed by atoms with Gasteiger partial charge in [0.05, 0.1) is 24.5 Å². The largest absolute Gasteiger partial charge is 0.392 e. The van der Waals surface area contributed by atoms with Crippen molar-refractivity contribution in [3.05, 3.63) is 40.8 Å². The fourth-order valence-electron chi connectivity index (χ4n) is 2.02. The molecule has 108 valence electrons. The zero-order chi connectivity index (χ0) is 14.4. The average Bonchev–Trinajstić information content (AvgIpc) is 2.89. The van der Waals surface area contributed by atoms with E-state index < -0.39 is 0 Å². The molecule has 1 atom stereocenters. The van der Waals surface area contributed by atoms with Gasteiger partial charge in [-0.3, -0.25) is 0 Å². The summed E-state index contributed by atoms with van der Waals surface area (Å²) in [5.74, 6) is 0.881. The smallest absolute Gasteiger partial charge is 0.120 e. The topological polar surface area (TPSA) is 60.9 Å². The summed E-state index contributed by atoms with van der Waals surface area (Å²) in [6, 6.07) is 8.10. The molecule has 0 radical (unpaired) electrons. The summed E-state index contributed by atoms with van der Waals surface area (Å²) in [7, 11) is 0. The van der Waals surface area contributed by atoms with E-state index in [-0.39, 0.29) is 6.10 Å². The Bertz CT molecular complexity index is 524. The number of rotatable bonds is 7. The maximum absolute atomic E-state index is 9.64. The normalized spacial score (nSPS) is 12.6. The van der Waals surface area contributed by atoms with E-state index in [0.717, 1.165) is 34.4 Å². The second-order valence-electron chi connectivity index (χ2n) is 4.82. The fourth-order valence-corrected chi connectivity index (χ4v) is 2.29. The van der Waals surface area contributed by atoms with Gasteiger partial charge in [0, 0.05) is 11.0 Å². The maximum Gasteiger partial charge on any atom is 0.120 e. The van der Waals surface area contributed by atoms with Gasteiger partial charge in [-0.1, -0.05) is 41.4 Å². The Morgan fingerprint density at radius 3 is 2.80 bits per heavy atom. The molecule has 0 saturated carbocycles. The zero-order valence-electron chi connectivity index (χ0n) is 11.6. The molecule has 2 aromatic rings. The zero-order valence-corrected chi connectivity index (χ0v) is 13.2. The third-order valence-corrected chi connectivity index (χ3v) is 3.61. The van der Waals surface area contributed by atoms with E-state index in [4.69, 9.17) is 0 Å². The minimum atomic E-state index is -0.277. The summed E-state index contributed by atoms with van der Waals surface area (Å²) in [6.07, 6.45) is 3.39. The number of hydrogen-bond donors (Lipinski definition) is 3. The highest BCUT2D eigenvalue weighted by atomic mass is 79.9. The van der Waals surface area contributed by atoms with E-state index in [0.29, 0.717) is 13.1 Å². The Hall–Kier alpha value is -1.17. The third kappa shape index (κ3) is 4.44. The number of aromatic nitrogens is 2. The van der Waals surface area contributed by atoms with Crippen LogP contribution in [0.2, 0.25) is 0 Å². The fraction of sp³-hybridized carbons (Fsp3) is 0.400. The number of aliphatic hydroxyl groups excluding tert-OH is 1. The first-order valence-corrected chi connectivity index (χ1v) is 7.67. The summed E-state index contributed by atoms with van der Waals surface area (Å²) in [6.45, 7) is 3.31. The van der Waals surface area contributed by atoms with Crippen LogP contribution in [-0.2, 0) is 6.54 Å². The van der Waals surface area contributed by atoms with E-state index in [1.807, 2.05) is 30.5 Å². The molecule has 0 amide bonds.